The van der Waals surface area contributed by atoms with Crippen LogP contribution in [0, 0.1) is 11.2 Å². The lowest BCUT2D eigenvalue weighted by molar-refractivity contribution is 0.130. The topological polar surface area (TPSA) is 15.3 Å². The molecular weight excluding hydrogens is 239 g/mol. The maximum atomic E-state index is 13.9. The number of benzene rings is 1. The highest BCUT2D eigenvalue weighted by Gasteiger charge is 2.26. The van der Waals surface area contributed by atoms with Gasteiger partial charge in [-0.25, -0.2) is 4.39 Å². The molecular formula is C16H27FN2. The average Bonchev–Trinajstić information content (AvgIpc) is 2.34. The highest BCUT2D eigenvalue weighted by Crippen LogP contribution is 2.25. The fourth-order valence-electron chi connectivity index (χ4n) is 2.21. The van der Waals surface area contributed by atoms with Gasteiger partial charge < -0.3 is 10.2 Å². The maximum Gasteiger partial charge on any atom is 0.128 e. The SMILES string of the molecule is CNC(CN(C)C(C)C(C)(C)C)c1ccccc1F. The van der Waals surface area contributed by atoms with E-state index in [0.29, 0.717) is 6.04 Å². The van der Waals surface area contributed by atoms with Gasteiger partial charge in [0.1, 0.15) is 5.82 Å². The summed E-state index contributed by atoms with van der Waals surface area (Å²) < 4.78 is 13.9. The molecule has 108 valence electrons. The van der Waals surface area contributed by atoms with Gasteiger partial charge in [-0.1, -0.05) is 39.0 Å². The summed E-state index contributed by atoms with van der Waals surface area (Å²) in [4.78, 5) is 2.29. The number of hydrogen-bond donors (Lipinski definition) is 1. The number of nitrogens with one attached hydrogen (secondary N) is 1. The van der Waals surface area contributed by atoms with Gasteiger partial charge in [0.05, 0.1) is 0 Å². The van der Waals surface area contributed by atoms with Crippen molar-refractivity contribution in [1.29, 1.82) is 0 Å². The van der Waals surface area contributed by atoms with Crippen LogP contribution in [0.2, 0.25) is 0 Å². The number of halogens is 1. The van der Waals surface area contributed by atoms with E-state index < -0.39 is 0 Å². The van der Waals surface area contributed by atoms with Crippen LogP contribution >= 0.6 is 0 Å². The average molecular weight is 266 g/mol. The Morgan fingerprint density at radius 2 is 1.84 bits per heavy atom. The van der Waals surface area contributed by atoms with Crippen LogP contribution in [0.3, 0.4) is 0 Å². The van der Waals surface area contributed by atoms with Gasteiger partial charge in [-0.15, -0.1) is 0 Å². The Bertz CT molecular complexity index is 398. The van der Waals surface area contributed by atoms with Crippen LogP contribution in [0.1, 0.15) is 39.3 Å². The molecule has 2 unspecified atom stereocenters. The molecule has 2 nitrogen and oxygen atoms in total. The first-order chi connectivity index (χ1) is 8.77. The third-order valence-corrected chi connectivity index (χ3v) is 4.01. The Kier molecular flexibility index (Phi) is 5.50. The Hall–Kier alpha value is -0.930. The summed E-state index contributed by atoms with van der Waals surface area (Å²) >= 11 is 0. The Morgan fingerprint density at radius 1 is 1.26 bits per heavy atom. The summed E-state index contributed by atoms with van der Waals surface area (Å²) in [6, 6.07) is 7.42. The van der Waals surface area contributed by atoms with Crippen LogP contribution in [0.4, 0.5) is 4.39 Å². The Labute approximate surface area is 117 Å². The molecule has 0 spiro atoms. The molecule has 1 N–H and O–H groups in total. The molecule has 0 amide bonds. The zero-order valence-corrected chi connectivity index (χ0v) is 13.0. The molecule has 0 saturated carbocycles. The molecule has 0 aliphatic heterocycles. The summed E-state index contributed by atoms with van der Waals surface area (Å²) in [6.07, 6.45) is 0. The van der Waals surface area contributed by atoms with Gasteiger partial charge >= 0.3 is 0 Å². The molecule has 1 aromatic carbocycles. The minimum absolute atomic E-state index is 0.0102. The Balaban J connectivity index is 2.81. The van der Waals surface area contributed by atoms with Crippen molar-refractivity contribution in [2.24, 2.45) is 5.41 Å². The van der Waals surface area contributed by atoms with Gasteiger partial charge in [-0.3, -0.25) is 0 Å². The second-order valence-electron chi connectivity index (χ2n) is 6.34. The molecule has 0 heterocycles. The zero-order valence-electron chi connectivity index (χ0n) is 13.0. The van der Waals surface area contributed by atoms with Gasteiger partial charge in [0.2, 0.25) is 0 Å². The van der Waals surface area contributed by atoms with Crippen LogP contribution in [0.15, 0.2) is 24.3 Å². The van der Waals surface area contributed by atoms with E-state index in [9.17, 15) is 4.39 Å². The molecule has 2 atom stereocenters. The summed E-state index contributed by atoms with van der Waals surface area (Å²) in [5.41, 5.74) is 0.945. The first kappa shape index (κ1) is 16.1. The van der Waals surface area contributed by atoms with E-state index in [1.54, 1.807) is 6.07 Å². The second kappa shape index (κ2) is 6.49. The summed E-state index contributed by atoms with van der Waals surface area (Å²) in [6.45, 7) is 9.69. The van der Waals surface area contributed by atoms with E-state index in [4.69, 9.17) is 0 Å². The van der Waals surface area contributed by atoms with Gasteiger partial charge in [0.25, 0.3) is 0 Å². The molecule has 0 saturated heterocycles. The standard InChI is InChI=1S/C16H27FN2/c1-12(16(2,3)4)19(6)11-15(18-5)13-9-7-8-10-14(13)17/h7-10,12,15,18H,11H2,1-6H3. The fourth-order valence-corrected chi connectivity index (χ4v) is 2.21. The maximum absolute atomic E-state index is 13.9. The first-order valence-electron chi connectivity index (χ1n) is 6.89. The molecule has 0 bridgehead atoms. The highest BCUT2D eigenvalue weighted by atomic mass is 19.1. The predicted octanol–water partition coefficient (Wildman–Crippen LogP) is 3.45. The van der Waals surface area contributed by atoms with Crippen LogP contribution in [-0.2, 0) is 0 Å². The van der Waals surface area contributed by atoms with E-state index in [-0.39, 0.29) is 17.3 Å². The molecule has 0 fully saturated rings. The van der Waals surface area contributed by atoms with E-state index in [2.05, 4.69) is 45.0 Å². The number of rotatable bonds is 5. The van der Waals surface area contributed by atoms with Crippen molar-refractivity contribution in [2.75, 3.05) is 20.6 Å². The summed E-state index contributed by atoms with van der Waals surface area (Å²) in [5.74, 6) is -0.140. The van der Waals surface area contributed by atoms with E-state index in [1.807, 2.05) is 19.2 Å². The number of nitrogens with zero attached hydrogens (tertiary/aromatic N) is 1. The molecule has 0 aliphatic carbocycles. The lowest BCUT2D eigenvalue weighted by atomic mass is 9.87. The third kappa shape index (κ3) is 4.29. The van der Waals surface area contributed by atoms with Crippen LogP contribution < -0.4 is 5.32 Å². The van der Waals surface area contributed by atoms with Crippen LogP contribution in [0.25, 0.3) is 0 Å². The van der Waals surface area contributed by atoms with Gasteiger partial charge in [0, 0.05) is 24.2 Å². The molecule has 1 aromatic rings. The van der Waals surface area contributed by atoms with Crippen molar-refractivity contribution in [2.45, 2.75) is 39.8 Å². The second-order valence-corrected chi connectivity index (χ2v) is 6.34. The first-order valence-corrected chi connectivity index (χ1v) is 6.89. The van der Waals surface area contributed by atoms with Crippen molar-refractivity contribution in [1.82, 2.24) is 10.2 Å². The lowest BCUT2D eigenvalue weighted by Crippen LogP contribution is -2.43. The largest absolute Gasteiger partial charge is 0.312 e. The van der Waals surface area contributed by atoms with Crippen molar-refractivity contribution in [3.63, 3.8) is 0 Å². The fraction of sp³-hybridized carbons (Fsp3) is 0.625. The monoisotopic (exact) mass is 266 g/mol. The van der Waals surface area contributed by atoms with Crippen LogP contribution in [-0.4, -0.2) is 31.6 Å². The quantitative estimate of drug-likeness (QED) is 0.878. The Morgan fingerprint density at radius 3 is 2.32 bits per heavy atom. The van der Waals surface area contributed by atoms with E-state index in [1.165, 1.54) is 6.07 Å². The van der Waals surface area contributed by atoms with E-state index >= 15 is 0 Å². The molecule has 0 aliphatic rings. The highest BCUT2D eigenvalue weighted by molar-refractivity contribution is 5.21. The summed E-state index contributed by atoms with van der Waals surface area (Å²) in [7, 11) is 3.98. The zero-order chi connectivity index (χ0) is 14.6. The molecule has 3 heteroatoms. The van der Waals surface area contributed by atoms with Crippen molar-refractivity contribution in [3.05, 3.63) is 35.6 Å². The van der Waals surface area contributed by atoms with E-state index in [0.717, 1.165) is 12.1 Å². The van der Waals surface area contributed by atoms with Crippen molar-refractivity contribution >= 4 is 0 Å². The van der Waals surface area contributed by atoms with Gasteiger partial charge in [0.15, 0.2) is 0 Å². The van der Waals surface area contributed by atoms with Gasteiger partial charge in [-0.2, -0.15) is 0 Å². The van der Waals surface area contributed by atoms with Crippen molar-refractivity contribution in [3.8, 4) is 0 Å². The third-order valence-electron chi connectivity index (χ3n) is 4.01. The molecule has 0 aromatic heterocycles. The molecule has 1 rings (SSSR count). The number of hydrogen-bond acceptors (Lipinski definition) is 2. The minimum atomic E-state index is -0.140. The normalized spacial score (nSPS) is 15.6. The predicted molar refractivity (Wildman–Crippen MR) is 79.7 cm³/mol. The molecule has 0 radical (unpaired) electrons. The minimum Gasteiger partial charge on any atom is -0.312 e. The van der Waals surface area contributed by atoms with Crippen LogP contribution in [0.5, 0.6) is 0 Å². The smallest absolute Gasteiger partial charge is 0.128 e. The summed E-state index contributed by atoms with van der Waals surface area (Å²) in [5, 5.41) is 3.21. The molecule has 19 heavy (non-hydrogen) atoms. The number of likely N-dealkylation sites (N-methyl/N-ethyl adjacent to an activating group) is 2. The van der Waals surface area contributed by atoms with Gasteiger partial charge in [-0.05, 0) is 32.5 Å². The lowest BCUT2D eigenvalue weighted by Gasteiger charge is -2.37. The van der Waals surface area contributed by atoms with Crippen molar-refractivity contribution < 1.29 is 4.39 Å².